The topological polar surface area (TPSA) is 78.2 Å². The highest BCUT2D eigenvalue weighted by atomic mass is 79.9. The maximum atomic E-state index is 10.6. The maximum absolute atomic E-state index is 10.6. The molecule has 76 valence electrons. The lowest BCUT2D eigenvalue weighted by molar-refractivity contribution is -0.136. The average Bonchev–Trinajstić information content (AvgIpc) is 2.20. The van der Waals surface area contributed by atoms with E-state index in [4.69, 9.17) is 10.4 Å². The molecule has 0 heterocycles. The van der Waals surface area contributed by atoms with Crippen molar-refractivity contribution in [3.63, 3.8) is 0 Å². The summed E-state index contributed by atoms with van der Waals surface area (Å²) < 4.78 is 0.520. The van der Waals surface area contributed by atoms with Gasteiger partial charge in [0, 0.05) is 10.0 Å². The molecular weight excluding hydrogens is 262 g/mol. The fourth-order valence-electron chi connectivity index (χ4n) is 1.19. The van der Waals surface area contributed by atoms with Crippen LogP contribution in [-0.4, -0.2) is 17.4 Å². The molecule has 0 bridgehead atoms. The maximum Gasteiger partial charge on any atom is 0.307 e. The van der Waals surface area contributed by atoms with Crippen molar-refractivity contribution in [2.45, 2.75) is 6.42 Å². The summed E-state index contributed by atoms with van der Waals surface area (Å²) >= 11 is 3.15. The molecule has 1 aromatic carbocycles. The molecule has 0 unspecified atom stereocenters. The lowest BCUT2D eigenvalue weighted by atomic mass is 10.0. The number of carbonyl (C=O) groups is 2. The van der Waals surface area contributed by atoms with Crippen LogP contribution >= 0.6 is 15.9 Å². The first-order valence-corrected chi connectivity index (χ1v) is 4.78. The number of rotatable bonds is 3. The summed E-state index contributed by atoms with van der Waals surface area (Å²) in [5.74, 6) is -1.05. The molecule has 0 amide bonds. The minimum Gasteiger partial charge on any atom is -0.481 e. The highest BCUT2D eigenvalue weighted by molar-refractivity contribution is 9.10. The van der Waals surface area contributed by atoms with E-state index in [0.717, 1.165) is 0 Å². The molecule has 15 heavy (non-hydrogen) atoms. The summed E-state index contributed by atoms with van der Waals surface area (Å²) in [6.07, 6.45) is 0.251. The van der Waals surface area contributed by atoms with Crippen LogP contribution in [0, 0.1) is 11.3 Å². The summed E-state index contributed by atoms with van der Waals surface area (Å²) in [7, 11) is 0. The number of halogens is 1. The van der Waals surface area contributed by atoms with Crippen LogP contribution in [0.3, 0.4) is 0 Å². The van der Waals surface area contributed by atoms with Gasteiger partial charge in [0.25, 0.3) is 0 Å². The number of carbonyl (C=O) groups excluding carboxylic acids is 1. The van der Waals surface area contributed by atoms with Crippen molar-refractivity contribution in [3.05, 3.63) is 33.3 Å². The molecule has 5 heteroatoms. The largest absolute Gasteiger partial charge is 0.481 e. The van der Waals surface area contributed by atoms with Gasteiger partial charge < -0.3 is 5.11 Å². The van der Waals surface area contributed by atoms with Gasteiger partial charge in [0.15, 0.2) is 6.29 Å². The van der Waals surface area contributed by atoms with Gasteiger partial charge in [-0.15, -0.1) is 0 Å². The van der Waals surface area contributed by atoms with Gasteiger partial charge in [0.1, 0.15) is 6.07 Å². The number of carboxylic acids is 1. The fourth-order valence-corrected chi connectivity index (χ4v) is 1.67. The van der Waals surface area contributed by atoms with Crippen LogP contribution in [0.2, 0.25) is 0 Å². The third kappa shape index (κ3) is 2.42. The first-order valence-electron chi connectivity index (χ1n) is 3.98. The molecule has 0 aliphatic rings. The second kappa shape index (κ2) is 4.71. The van der Waals surface area contributed by atoms with E-state index in [9.17, 15) is 9.59 Å². The zero-order valence-electron chi connectivity index (χ0n) is 7.53. The quantitative estimate of drug-likeness (QED) is 0.847. The highest BCUT2D eigenvalue weighted by Crippen LogP contribution is 2.23. The molecule has 1 aromatic rings. The van der Waals surface area contributed by atoms with E-state index in [-0.39, 0.29) is 17.5 Å². The van der Waals surface area contributed by atoms with Gasteiger partial charge in [-0.2, -0.15) is 5.26 Å². The Morgan fingerprint density at radius 3 is 2.73 bits per heavy atom. The number of aldehydes is 1. The number of benzene rings is 1. The second-order valence-electron chi connectivity index (χ2n) is 2.79. The summed E-state index contributed by atoms with van der Waals surface area (Å²) in [5, 5.41) is 17.5. The van der Waals surface area contributed by atoms with Gasteiger partial charge in [-0.3, -0.25) is 9.59 Å². The molecule has 0 aliphatic heterocycles. The van der Waals surface area contributed by atoms with Gasteiger partial charge in [0.05, 0.1) is 12.0 Å². The average molecular weight is 268 g/mol. The fraction of sp³-hybridized carbons (Fsp3) is 0.100. The lowest BCUT2D eigenvalue weighted by Gasteiger charge is -2.05. The van der Waals surface area contributed by atoms with Gasteiger partial charge >= 0.3 is 5.97 Å². The standard InChI is InChI=1S/C10H6BrNO3/c11-9-2-1-6(5-13)8(4-12)7(9)3-10(14)15/h1-2,5H,3H2,(H,14,15). The van der Waals surface area contributed by atoms with Crippen molar-refractivity contribution in [3.8, 4) is 6.07 Å². The Labute approximate surface area is 94.3 Å². The van der Waals surface area contributed by atoms with Crippen molar-refractivity contribution in [2.24, 2.45) is 0 Å². The van der Waals surface area contributed by atoms with E-state index in [0.29, 0.717) is 16.3 Å². The zero-order chi connectivity index (χ0) is 11.4. The molecule has 0 atom stereocenters. The van der Waals surface area contributed by atoms with Crippen molar-refractivity contribution < 1.29 is 14.7 Å². The molecule has 0 aromatic heterocycles. The Hall–Kier alpha value is -1.67. The third-order valence-electron chi connectivity index (χ3n) is 1.85. The van der Waals surface area contributed by atoms with Crippen molar-refractivity contribution in [2.75, 3.05) is 0 Å². The lowest BCUT2D eigenvalue weighted by Crippen LogP contribution is -2.05. The molecule has 1 rings (SSSR count). The van der Waals surface area contributed by atoms with Gasteiger partial charge in [0.2, 0.25) is 0 Å². The van der Waals surface area contributed by atoms with Crippen LogP contribution in [-0.2, 0) is 11.2 Å². The Bertz CT molecular complexity index is 462. The van der Waals surface area contributed by atoms with Crippen molar-refractivity contribution in [1.29, 1.82) is 5.26 Å². The number of nitrogens with zero attached hydrogens (tertiary/aromatic N) is 1. The molecular formula is C10H6BrNO3. The van der Waals surface area contributed by atoms with E-state index in [2.05, 4.69) is 15.9 Å². The van der Waals surface area contributed by atoms with Gasteiger partial charge in [-0.25, -0.2) is 0 Å². The zero-order valence-corrected chi connectivity index (χ0v) is 9.11. The van der Waals surface area contributed by atoms with Crippen LogP contribution in [0.25, 0.3) is 0 Å². The molecule has 1 N–H and O–H groups in total. The van der Waals surface area contributed by atoms with E-state index in [1.54, 1.807) is 6.07 Å². The Morgan fingerprint density at radius 1 is 1.60 bits per heavy atom. The smallest absolute Gasteiger partial charge is 0.307 e. The van der Waals surface area contributed by atoms with E-state index in [1.807, 2.05) is 6.07 Å². The number of hydrogen-bond acceptors (Lipinski definition) is 3. The summed E-state index contributed by atoms with van der Waals surface area (Å²) in [5.41, 5.74) is 0.647. The minimum absolute atomic E-state index is 0.113. The number of aliphatic carboxylic acids is 1. The third-order valence-corrected chi connectivity index (χ3v) is 2.60. The van der Waals surface area contributed by atoms with Crippen LogP contribution in [0.15, 0.2) is 16.6 Å². The molecule has 0 fully saturated rings. The molecule has 0 saturated carbocycles. The predicted molar refractivity (Wildman–Crippen MR) is 55.6 cm³/mol. The van der Waals surface area contributed by atoms with Crippen LogP contribution in [0.5, 0.6) is 0 Å². The first kappa shape index (κ1) is 11.4. The number of hydrogen-bond donors (Lipinski definition) is 1. The molecule has 0 saturated heterocycles. The Balaban J connectivity index is 3.40. The monoisotopic (exact) mass is 267 g/mol. The highest BCUT2D eigenvalue weighted by Gasteiger charge is 2.14. The van der Waals surface area contributed by atoms with E-state index < -0.39 is 5.97 Å². The normalized spacial score (nSPS) is 9.33. The second-order valence-corrected chi connectivity index (χ2v) is 3.64. The number of nitriles is 1. The molecule has 0 radical (unpaired) electrons. The first-order chi connectivity index (χ1) is 7.10. The van der Waals surface area contributed by atoms with Gasteiger partial charge in [-0.1, -0.05) is 15.9 Å². The summed E-state index contributed by atoms with van der Waals surface area (Å²) in [6, 6.07) is 4.87. The van der Waals surface area contributed by atoms with Crippen LogP contribution in [0.1, 0.15) is 21.5 Å². The minimum atomic E-state index is -1.05. The predicted octanol–water partition coefficient (Wildman–Crippen LogP) is 1.76. The molecule has 0 spiro atoms. The summed E-state index contributed by atoms with van der Waals surface area (Å²) in [6.45, 7) is 0. The van der Waals surface area contributed by atoms with Crippen LogP contribution in [0.4, 0.5) is 0 Å². The van der Waals surface area contributed by atoms with E-state index >= 15 is 0 Å². The van der Waals surface area contributed by atoms with Gasteiger partial charge in [-0.05, 0) is 17.7 Å². The van der Waals surface area contributed by atoms with Crippen molar-refractivity contribution >= 4 is 28.2 Å². The SMILES string of the molecule is N#Cc1c(C=O)ccc(Br)c1CC(=O)O. The van der Waals surface area contributed by atoms with E-state index in [1.165, 1.54) is 6.07 Å². The summed E-state index contributed by atoms with van der Waals surface area (Å²) in [4.78, 5) is 21.2. The van der Waals surface area contributed by atoms with Crippen molar-refractivity contribution in [1.82, 2.24) is 0 Å². The molecule has 4 nitrogen and oxygen atoms in total. The Kier molecular flexibility index (Phi) is 3.58. The molecule has 0 aliphatic carbocycles. The van der Waals surface area contributed by atoms with Crippen LogP contribution < -0.4 is 0 Å². The Morgan fingerprint density at radius 2 is 2.27 bits per heavy atom. The number of carboxylic acid groups (broad SMARTS) is 1.